The highest BCUT2D eigenvalue weighted by atomic mass is 32.1. The van der Waals surface area contributed by atoms with E-state index < -0.39 is 0 Å². The molecular weight excluding hydrogens is 310 g/mol. The van der Waals surface area contributed by atoms with Crippen LogP contribution in [0.25, 0.3) is 11.5 Å². The molecule has 0 saturated heterocycles. The molecule has 3 rings (SSSR count). The van der Waals surface area contributed by atoms with E-state index in [9.17, 15) is 4.79 Å². The van der Waals surface area contributed by atoms with Crippen molar-refractivity contribution < 1.29 is 9.21 Å². The van der Waals surface area contributed by atoms with Crippen molar-refractivity contribution >= 4 is 22.9 Å². The van der Waals surface area contributed by atoms with Crippen molar-refractivity contribution in [3.8, 4) is 11.5 Å². The molecule has 118 valence electrons. The van der Waals surface area contributed by atoms with Crippen molar-refractivity contribution in [2.24, 2.45) is 0 Å². The monoisotopic (exact) mass is 327 g/mol. The molecule has 2 heterocycles. The van der Waals surface area contributed by atoms with Gasteiger partial charge in [-0.2, -0.15) is 11.3 Å². The van der Waals surface area contributed by atoms with Gasteiger partial charge in [-0.15, -0.1) is 10.2 Å². The summed E-state index contributed by atoms with van der Waals surface area (Å²) in [6.45, 7) is 2.02. The number of nitrogens with zero attached hydrogens (tertiary/aromatic N) is 3. The zero-order valence-electron chi connectivity index (χ0n) is 13.0. The molecule has 0 spiro atoms. The van der Waals surface area contributed by atoms with E-state index in [-0.39, 0.29) is 5.91 Å². The molecular formula is C17H17N3O2S. The maximum Gasteiger partial charge on any atom is 0.248 e. The second kappa shape index (κ2) is 6.75. The van der Waals surface area contributed by atoms with Crippen molar-refractivity contribution in [2.45, 2.75) is 19.8 Å². The third kappa shape index (κ3) is 3.65. The van der Waals surface area contributed by atoms with Crippen molar-refractivity contribution in [1.82, 2.24) is 10.2 Å². The van der Waals surface area contributed by atoms with E-state index >= 15 is 0 Å². The van der Waals surface area contributed by atoms with Crippen molar-refractivity contribution in [3.05, 3.63) is 52.5 Å². The topological polar surface area (TPSA) is 59.2 Å². The van der Waals surface area contributed by atoms with Crippen LogP contribution in [0.1, 0.15) is 17.9 Å². The Kier molecular flexibility index (Phi) is 4.52. The molecule has 2 aromatic heterocycles. The molecule has 0 atom stereocenters. The highest BCUT2D eigenvalue weighted by Gasteiger charge is 2.14. The molecule has 0 N–H and O–H groups in total. The molecule has 0 bridgehead atoms. The van der Waals surface area contributed by atoms with Gasteiger partial charge in [0.25, 0.3) is 0 Å². The van der Waals surface area contributed by atoms with Crippen molar-refractivity contribution in [3.63, 3.8) is 0 Å². The van der Waals surface area contributed by atoms with E-state index in [0.717, 1.165) is 11.3 Å². The molecule has 6 heteroatoms. The maximum atomic E-state index is 12.3. The summed E-state index contributed by atoms with van der Waals surface area (Å²) < 4.78 is 5.59. The summed E-state index contributed by atoms with van der Waals surface area (Å²) in [5.74, 6) is 1.00. The average Bonchev–Trinajstić information content (AvgIpc) is 3.23. The summed E-state index contributed by atoms with van der Waals surface area (Å²) >= 11 is 1.58. The number of aromatic nitrogens is 2. The van der Waals surface area contributed by atoms with E-state index in [2.05, 4.69) is 10.2 Å². The maximum absolute atomic E-state index is 12.3. The average molecular weight is 327 g/mol. The molecule has 0 aliphatic carbocycles. The van der Waals surface area contributed by atoms with Gasteiger partial charge in [-0.1, -0.05) is 17.7 Å². The highest BCUT2D eigenvalue weighted by molar-refractivity contribution is 7.08. The first-order chi connectivity index (χ1) is 11.1. The largest absolute Gasteiger partial charge is 0.421 e. The minimum atomic E-state index is 0.0177. The predicted molar refractivity (Wildman–Crippen MR) is 90.5 cm³/mol. The molecule has 0 fully saturated rings. The smallest absolute Gasteiger partial charge is 0.248 e. The molecule has 5 nitrogen and oxygen atoms in total. The van der Waals surface area contributed by atoms with E-state index in [1.54, 1.807) is 23.3 Å². The second-order valence-electron chi connectivity index (χ2n) is 5.30. The van der Waals surface area contributed by atoms with Gasteiger partial charge in [-0.05, 0) is 30.5 Å². The number of anilines is 1. The SMILES string of the molecule is Cc1ccc(N(C)C(=O)CCc2nnc(-c3ccsc3)o2)cc1. The van der Waals surface area contributed by atoms with Gasteiger partial charge in [-0.3, -0.25) is 4.79 Å². The third-order valence-corrected chi connectivity index (χ3v) is 4.27. The van der Waals surface area contributed by atoms with Crippen LogP contribution in [0.2, 0.25) is 0 Å². The number of aryl methyl sites for hydroxylation is 2. The van der Waals surface area contributed by atoms with Crippen LogP contribution in [0.5, 0.6) is 0 Å². The molecule has 3 aromatic rings. The molecule has 0 aliphatic rings. The molecule has 0 radical (unpaired) electrons. The fraction of sp³-hybridized carbons (Fsp3) is 0.235. The predicted octanol–water partition coefficient (Wildman–Crippen LogP) is 3.70. The van der Waals surface area contributed by atoms with Gasteiger partial charge in [0.15, 0.2) is 0 Å². The number of carbonyl (C=O) groups excluding carboxylic acids is 1. The van der Waals surface area contributed by atoms with Gasteiger partial charge in [0.05, 0.1) is 0 Å². The van der Waals surface area contributed by atoms with Crippen LogP contribution in [-0.2, 0) is 11.2 Å². The number of amides is 1. The standard InChI is InChI=1S/C17H17N3O2S/c1-12-3-5-14(6-4-12)20(2)16(21)8-7-15-18-19-17(22-15)13-9-10-23-11-13/h3-6,9-11H,7-8H2,1-2H3. The Morgan fingerprint density at radius 3 is 2.70 bits per heavy atom. The van der Waals surface area contributed by atoms with Crippen LogP contribution in [0.3, 0.4) is 0 Å². The van der Waals surface area contributed by atoms with E-state index in [1.165, 1.54) is 5.56 Å². The number of hydrogen-bond acceptors (Lipinski definition) is 5. The summed E-state index contributed by atoms with van der Waals surface area (Å²) in [6, 6.07) is 9.79. The summed E-state index contributed by atoms with van der Waals surface area (Å²) in [5, 5.41) is 11.9. The lowest BCUT2D eigenvalue weighted by Gasteiger charge is -2.17. The van der Waals surface area contributed by atoms with Crippen LogP contribution in [0.15, 0.2) is 45.5 Å². The summed E-state index contributed by atoms with van der Waals surface area (Å²) in [6.07, 6.45) is 0.766. The first-order valence-corrected chi connectivity index (χ1v) is 8.26. The van der Waals surface area contributed by atoms with E-state index in [0.29, 0.717) is 24.6 Å². The molecule has 0 unspecified atom stereocenters. The first-order valence-electron chi connectivity index (χ1n) is 7.31. The van der Waals surface area contributed by atoms with Crippen LogP contribution < -0.4 is 4.90 Å². The normalized spacial score (nSPS) is 10.7. The summed E-state index contributed by atoms with van der Waals surface area (Å²) in [4.78, 5) is 13.9. The lowest BCUT2D eigenvalue weighted by Crippen LogP contribution is -2.26. The number of rotatable bonds is 5. The number of hydrogen-bond donors (Lipinski definition) is 0. The third-order valence-electron chi connectivity index (χ3n) is 3.58. The zero-order chi connectivity index (χ0) is 16.2. The minimum absolute atomic E-state index is 0.0177. The van der Waals surface area contributed by atoms with E-state index in [1.807, 2.05) is 48.0 Å². The van der Waals surface area contributed by atoms with Gasteiger partial charge >= 0.3 is 0 Å². The van der Waals surface area contributed by atoms with Gasteiger partial charge < -0.3 is 9.32 Å². The number of carbonyl (C=O) groups is 1. The molecule has 0 aliphatic heterocycles. The highest BCUT2D eigenvalue weighted by Crippen LogP contribution is 2.21. The molecule has 23 heavy (non-hydrogen) atoms. The second-order valence-corrected chi connectivity index (χ2v) is 6.08. The Morgan fingerprint density at radius 1 is 1.22 bits per heavy atom. The minimum Gasteiger partial charge on any atom is -0.421 e. The van der Waals surface area contributed by atoms with Crippen LogP contribution in [0.4, 0.5) is 5.69 Å². The Morgan fingerprint density at radius 2 is 2.00 bits per heavy atom. The fourth-order valence-electron chi connectivity index (χ4n) is 2.15. The molecule has 1 aromatic carbocycles. The number of thiophene rings is 1. The molecule has 1 amide bonds. The van der Waals surface area contributed by atoms with E-state index in [4.69, 9.17) is 4.42 Å². The Balaban J connectivity index is 1.59. The summed E-state index contributed by atoms with van der Waals surface area (Å²) in [5.41, 5.74) is 2.96. The molecule has 0 saturated carbocycles. The lowest BCUT2D eigenvalue weighted by molar-refractivity contribution is -0.118. The Labute approximate surface area is 138 Å². The summed E-state index contributed by atoms with van der Waals surface area (Å²) in [7, 11) is 1.78. The van der Waals surface area contributed by atoms with Gasteiger partial charge in [0.2, 0.25) is 17.7 Å². The van der Waals surface area contributed by atoms with Crippen LogP contribution in [-0.4, -0.2) is 23.2 Å². The van der Waals surface area contributed by atoms with Crippen LogP contribution in [0, 0.1) is 6.92 Å². The quantitative estimate of drug-likeness (QED) is 0.717. The van der Waals surface area contributed by atoms with Gasteiger partial charge in [-0.25, -0.2) is 0 Å². The first kappa shape index (κ1) is 15.4. The fourth-order valence-corrected chi connectivity index (χ4v) is 2.78. The zero-order valence-corrected chi connectivity index (χ0v) is 13.8. The lowest BCUT2D eigenvalue weighted by atomic mass is 10.2. The van der Waals surface area contributed by atoms with Crippen molar-refractivity contribution in [2.75, 3.05) is 11.9 Å². The van der Waals surface area contributed by atoms with Gasteiger partial charge in [0.1, 0.15) is 0 Å². The van der Waals surface area contributed by atoms with Gasteiger partial charge in [0, 0.05) is 36.5 Å². The van der Waals surface area contributed by atoms with Crippen molar-refractivity contribution in [1.29, 1.82) is 0 Å². The number of benzene rings is 1. The Hall–Kier alpha value is -2.47. The Bertz CT molecular complexity index is 779. The van der Waals surface area contributed by atoms with Crippen LogP contribution >= 0.6 is 11.3 Å².